The first-order chi connectivity index (χ1) is 14.4. The molecule has 1 heterocycles. The maximum absolute atomic E-state index is 14.5. The van der Waals surface area contributed by atoms with Crippen LogP contribution in [0, 0.1) is 12.7 Å². The summed E-state index contributed by atoms with van der Waals surface area (Å²) < 4.78 is 15.2. The molecule has 7 heteroatoms. The van der Waals surface area contributed by atoms with Crippen molar-refractivity contribution in [2.24, 2.45) is 0 Å². The number of hydrogen-bond donors (Lipinski definition) is 1. The van der Waals surface area contributed by atoms with E-state index in [2.05, 4.69) is 21.2 Å². The Bertz CT molecular complexity index is 1140. The summed E-state index contributed by atoms with van der Waals surface area (Å²) in [5.41, 5.74) is 3.10. The van der Waals surface area contributed by atoms with Gasteiger partial charge in [-0.05, 0) is 70.4 Å². The molecular weight excluding hydrogens is 467 g/mol. The highest BCUT2D eigenvalue weighted by atomic mass is 79.9. The molecule has 1 aliphatic heterocycles. The first kappa shape index (κ1) is 20.6. The van der Waals surface area contributed by atoms with E-state index >= 15 is 0 Å². The molecule has 152 valence electrons. The van der Waals surface area contributed by atoms with Crippen molar-refractivity contribution in [3.8, 4) is 0 Å². The standard InChI is InChI=1S/C23H18BrFN2O2S/c1-14-9-10-19(25)20(11-14)27-21(28)13-30-23(27)15-5-4-6-16(12-15)26-22(29)17-7-2-3-8-18(17)24/h2-12,23H,13H2,1H3,(H,26,29). The third-order valence-electron chi connectivity index (χ3n) is 4.78. The molecule has 3 aromatic carbocycles. The van der Waals surface area contributed by atoms with Gasteiger partial charge in [0.25, 0.3) is 5.91 Å². The number of carbonyl (C=O) groups excluding carboxylic acids is 2. The van der Waals surface area contributed by atoms with Gasteiger partial charge < -0.3 is 5.32 Å². The van der Waals surface area contributed by atoms with Crippen LogP contribution >= 0.6 is 27.7 Å². The average molecular weight is 485 g/mol. The van der Waals surface area contributed by atoms with Gasteiger partial charge in [-0.25, -0.2) is 4.39 Å². The number of rotatable bonds is 4. The van der Waals surface area contributed by atoms with Crippen molar-refractivity contribution in [2.45, 2.75) is 12.3 Å². The second-order valence-electron chi connectivity index (χ2n) is 6.94. The minimum atomic E-state index is -0.431. The molecule has 1 aliphatic rings. The van der Waals surface area contributed by atoms with Crippen LogP contribution in [-0.4, -0.2) is 17.6 Å². The van der Waals surface area contributed by atoms with E-state index in [0.717, 1.165) is 11.1 Å². The van der Waals surface area contributed by atoms with Gasteiger partial charge >= 0.3 is 0 Å². The lowest BCUT2D eigenvalue weighted by Gasteiger charge is -2.25. The highest BCUT2D eigenvalue weighted by Gasteiger charge is 2.35. The zero-order valence-electron chi connectivity index (χ0n) is 16.1. The van der Waals surface area contributed by atoms with E-state index in [1.54, 1.807) is 36.4 Å². The average Bonchev–Trinajstić information content (AvgIpc) is 3.11. The summed E-state index contributed by atoms with van der Waals surface area (Å²) in [6.07, 6.45) is 0. The molecule has 0 aromatic heterocycles. The van der Waals surface area contributed by atoms with Gasteiger partial charge in [0.05, 0.1) is 17.0 Å². The maximum atomic E-state index is 14.5. The van der Waals surface area contributed by atoms with Crippen molar-refractivity contribution in [3.63, 3.8) is 0 Å². The summed E-state index contributed by atoms with van der Waals surface area (Å²) in [6, 6.07) is 19.2. The molecule has 1 saturated heterocycles. The molecule has 0 radical (unpaired) electrons. The summed E-state index contributed by atoms with van der Waals surface area (Å²) in [5.74, 6) is -0.542. The van der Waals surface area contributed by atoms with Crippen molar-refractivity contribution < 1.29 is 14.0 Å². The maximum Gasteiger partial charge on any atom is 0.256 e. The van der Waals surface area contributed by atoms with Gasteiger partial charge in [-0.15, -0.1) is 11.8 Å². The van der Waals surface area contributed by atoms with Crippen molar-refractivity contribution in [3.05, 3.63) is 93.7 Å². The van der Waals surface area contributed by atoms with Crippen LogP contribution in [0.25, 0.3) is 0 Å². The third-order valence-corrected chi connectivity index (χ3v) is 6.68. The molecule has 0 spiro atoms. The largest absolute Gasteiger partial charge is 0.322 e. The Morgan fingerprint density at radius 1 is 1.13 bits per heavy atom. The van der Waals surface area contributed by atoms with E-state index in [-0.39, 0.29) is 28.6 Å². The van der Waals surface area contributed by atoms with E-state index in [1.165, 1.54) is 22.7 Å². The Kier molecular flexibility index (Phi) is 5.92. The molecule has 4 nitrogen and oxygen atoms in total. The Hall–Kier alpha value is -2.64. The Balaban J connectivity index is 1.63. The van der Waals surface area contributed by atoms with Crippen LogP contribution in [-0.2, 0) is 4.79 Å². The highest BCUT2D eigenvalue weighted by molar-refractivity contribution is 9.10. The number of halogens is 2. The zero-order chi connectivity index (χ0) is 21.3. The fraction of sp³-hybridized carbons (Fsp3) is 0.130. The second-order valence-corrected chi connectivity index (χ2v) is 8.86. The molecule has 1 N–H and O–H groups in total. The molecule has 1 atom stereocenters. The SMILES string of the molecule is Cc1ccc(F)c(N2C(=O)CSC2c2cccc(NC(=O)c3ccccc3Br)c2)c1. The van der Waals surface area contributed by atoms with Gasteiger partial charge in [-0.1, -0.05) is 30.3 Å². The predicted octanol–water partition coefficient (Wildman–Crippen LogP) is 5.93. The van der Waals surface area contributed by atoms with Crippen LogP contribution < -0.4 is 10.2 Å². The van der Waals surface area contributed by atoms with E-state index < -0.39 is 5.82 Å². The summed E-state index contributed by atoms with van der Waals surface area (Å²) in [5, 5.41) is 2.53. The van der Waals surface area contributed by atoms with Crippen molar-refractivity contribution >= 4 is 50.9 Å². The smallest absolute Gasteiger partial charge is 0.256 e. The van der Waals surface area contributed by atoms with E-state index in [4.69, 9.17) is 0 Å². The zero-order valence-corrected chi connectivity index (χ0v) is 18.5. The summed E-state index contributed by atoms with van der Waals surface area (Å²) >= 11 is 4.82. The third kappa shape index (κ3) is 4.13. The molecule has 0 aliphatic carbocycles. The van der Waals surface area contributed by atoms with Gasteiger partial charge in [0, 0.05) is 10.2 Å². The summed E-state index contributed by atoms with van der Waals surface area (Å²) in [4.78, 5) is 26.7. The molecule has 1 unspecified atom stereocenters. The van der Waals surface area contributed by atoms with E-state index in [1.807, 2.05) is 31.2 Å². The van der Waals surface area contributed by atoms with E-state index in [9.17, 15) is 14.0 Å². The molecule has 2 amide bonds. The highest BCUT2D eigenvalue weighted by Crippen LogP contribution is 2.43. The quantitative estimate of drug-likeness (QED) is 0.499. The first-order valence-corrected chi connectivity index (χ1v) is 11.1. The van der Waals surface area contributed by atoms with E-state index in [0.29, 0.717) is 15.7 Å². The Morgan fingerprint density at radius 2 is 1.93 bits per heavy atom. The van der Waals surface area contributed by atoms with Crippen LogP contribution in [0.2, 0.25) is 0 Å². The fourth-order valence-corrected chi connectivity index (χ4v) is 4.98. The normalized spacial score (nSPS) is 16.0. The number of amides is 2. The van der Waals surface area contributed by atoms with Crippen molar-refractivity contribution in [1.82, 2.24) is 0 Å². The summed E-state index contributed by atoms with van der Waals surface area (Å²) in [6.45, 7) is 1.86. The number of aryl methyl sites for hydroxylation is 1. The van der Waals surface area contributed by atoms with Gasteiger partial charge in [0.15, 0.2) is 0 Å². The van der Waals surface area contributed by atoms with Crippen LogP contribution in [0.15, 0.2) is 71.2 Å². The summed E-state index contributed by atoms with van der Waals surface area (Å²) in [7, 11) is 0. The van der Waals surface area contributed by atoms with Gasteiger partial charge in [-0.3, -0.25) is 14.5 Å². The van der Waals surface area contributed by atoms with Crippen LogP contribution in [0.5, 0.6) is 0 Å². The second kappa shape index (κ2) is 8.62. The molecule has 3 aromatic rings. The number of thioether (sulfide) groups is 1. The number of nitrogens with zero attached hydrogens (tertiary/aromatic N) is 1. The topological polar surface area (TPSA) is 49.4 Å². The molecule has 0 saturated carbocycles. The lowest BCUT2D eigenvalue weighted by Crippen LogP contribution is -2.28. The molecule has 1 fully saturated rings. The van der Waals surface area contributed by atoms with Crippen molar-refractivity contribution in [2.75, 3.05) is 16.0 Å². The molecule has 4 rings (SSSR count). The van der Waals surface area contributed by atoms with Crippen LogP contribution in [0.1, 0.15) is 26.9 Å². The van der Waals surface area contributed by atoms with Gasteiger partial charge in [0.2, 0.25) is 5.91 Å². The number of nitrogens with one attached hydrogen (secondary N) is 1. The number of carbonyl (C=O) groups is 2. The molecule has 30 heavy (non-hydrogen) atoms. The lowest BCUT2D eigenvalue weighted by molar-refractivity contribution is -0.115. The molecule has 0 bridgehead atoms. The van der Waals surface area contributed by atoms with Crippen molar-refractivity contribution in [1.29, 1.82) is 0 Å². The minimum Gasteiger partial charge on any atom is -0.322 e. The molecular formula is C23H18BrFN2O2S. The van der Waals surface area contributed by atoms with Crippen LogP contribution in [0.3, 0.4) is 0 Å². The number of hydrogen-bond acceptors (Lipinski definition) is 3. The Morgan fingerprint density at radius 3 is 2.73 bits per heavy atom. The van der Waals surface area contributed by atoms with Crippen LogP contribution in [0.4, 0.5) is 15.8 Å². The van der Waals surface area contributed by atoms with Gasteiger partial charge in [-0.2, -0.15) is 0 Å². The predicted molar refractivity (Wildman–Crippen MR) is 122 cm³/mol. The Labute approximate surface area is 186 Å². The fourth-order valence-electron chi connectivity index (χ4n) is 3.35. The number of benzene rings is 3. The van der Waals surface area contributed by atoms with Gasteiger partial charge in [0.1, 0.15) is 11.2 Å². The monoisotopic (exact) mass is 484 g/mol. The lowest BCUT2D eigenvalue weighted by atomic mass is 10.1. The minimum absolute atomic E-state index is 0.142. The first-order valence-electron chi connectivity index (χ1n) is 9.29. The number of anilines is 2.